The molecule has 0 atom stereocenters. The van der Waals surface area contributed by atoms with Crippen molar-refractivity contribution < 1.29 is 0 Å². The van der Waals surface area contributed by atoms with Gasteiger partial charge in [-0.15, -0.1) is 0 Å². The monoisotopic (exact) mass is 288 g/mol. The third-order valence-corrected chi connectivity index (χ3v) is 4.16. The Morgan fingerprint density at radius 1 is 1.30 bits per heavy atom. The van der Waals surface area contributed by atoms with Crippen molar-refractivity contribution >= 4 is 28.5 Å². The first-order valence-electron chi connectivity index (χ1n) is 6.50. The molecule has 6 heteroatoms. The molecular weight excluding hydrogens is 272 g/mol. The van der Waals surface area contributed by atoms with Crippen molar-refractivity contribution in [1.82, 2.24) is 19.3 Å². The molecule has 2 aromatic rings. The maximum absolute atomic E-state index is 12.8. The zero-order valence-corrected chi connectivity index (χ0v) is 12.6. The van der Waals surface area contributed by atoms with Crippen molar-refractivity contribution in [3.05, 3.63) is 34.3 Å². The first-order chi connectivity index (χ1) is 9.63. The van der Waals surface area contributed by atoms with Crippen molar-refractivity contribution in [1.29, 1.82) is 0 Å². The third kappa shape index (κ3) is 1.91. The molecular formula is C14H16N4OS. The summed E-state index contributed by atoms with van der Waals surface area (Å²) in [4.78, 5) is 17.3. The fraction of sp³-hybridized carbons (Fsp3) is 0.357. The minimum atomic E-state index is -0.0478. The van der Waals surface area contributed by atoms with E-state index in [-0.39, 0.29) is 5.56 Å². The molecule has 0 amide bonds. The third-order valence-electron chi connectivity index (χ3n) is 3.52. The van der Waals surface area contributed by atoms with Gasteiger partial charge in [0, 0.05) is 12.7 Å². The number of allylic oxidation sites excluding steroid dienone is 4. The van der Waals surface area contributed by atoms with Crippen LogP contribution in [0.1, 0.15) is 19.8 Å². The van der Waals surface area contributed by atoms with Crippen molar-refractivity contribution in [3.63, 3.8) is 0 Å². The minimum Gasteiger partial charge on any atom is -0.268 e. The zero-order valence-electron chi connectivity index (χ0n) is 11.8. The summed E-state index contributed by atoms with van der Waals surface area (Å²) in [7, 11) is 1.80. The van der Waals surface area contributed by atoms with E-state index in [9.17, 15) is 4.79 Å². The summed E-state index contributed by atoms with van der Waals surface area (Å²) in [5.74, 6) is 0. The number of nitrogens with zero attached hydrogens (tertiary/aromatic N) is 4. The first-order valence-corrected chi connectivity index (χ1v) is 7.72. The Kier molecular flexibility index (Phi) is 3.25. The predicted molar refractivity (Wildman–Crippen MR) is 81.8 cm³/mol. The molecule has 0 saturated heterocycles. The normalized spacial score (nSPS) is 15.3. The Labute approximate surface area is 121 Å². The van der Waals surface area contributed by atoms with E-state index in [1.807, 2.05) is 13.2 Å². The van der Waals surface area contributed by atoms with Crippen LogP contribution in [0.4, 0.5) is 0 Å². The molecule has 2 heterocycles. The molecule has 1 aliphatic rings. The van der Waals surface area contributed by atoms with Crippen LogP contribution < -0.4 is 5.56 Å². The lowest BCUT2D eigenvalue weighted by atomic mass is 10.0. The molecule has 0 saturated carbocycles. The summed E-state index contributed by atoms with van der Waals surface area (Å²) in [5.41, 5.74) is 2.66. The van der Waals surface area contributed by atoms with Crippen molar-refractivity contribution in [2.24, 2.45) is 7.05 Å². The molecule has 0 radical (unpaired) electrons. The molecule has 2 aromatic heterocycles. The van der Waals surface area contributed by atoms with Gasteiger partial charge in [-0.05, 0) is 31.6 Å². The van der Waals surface area contributed by atoms with Gasteiger partial charge in [0.25, 0.3) is 5.56 Å². The summed E-state index contributed by atoms with van der Waals surface area (Å²) in [6.07, 6.45) is 9.79. The lowest BCUT2D eigenvalue weighted by molar-refractivity contribution is 0.761. The van der Waals surface area contributed by atoms with Gasteiger partial charge in [-0.25, -0.2) is 4.98 Å². The van der Waals surface area contributed by atoms with Crippen LogP contribution in [0.25, 0.3) is 16.7 Å². The minimum absolute atomic E-state index is 0.0478. The van der Waals surface area contributed by atoms with E-state index >= 15 is 0 Å². The van der Waals surface area contributed by atoms with Gasteiger partial charge in [0.05, 0.1) is 6.20 Å². The van der Waals surface area contributed by atoms with Crippen LogP contribution in [0.15, 0.2) is 33.9 Å². The molecule has 0 bridgehead atoms. The Balaban J connectivity index is 2.35. The molecule has 0 aliphatic heterocycles. The smallest absolute Gasteiger partial charge is 0.268 e. The highest BCUT2D eigenvalue weighted by Gasteiger charge is 2.18. The highest BCUT2D eigenvalue weighted by atomic mass is 32.2. The second-order valence-electron chi connectivity index (χ2n) is 4.80. The van der Waals surface area contributed by atoms with Crippen molar-refractivity contribution in [3.8, 4) is 0 Å². The number of hydrogen-bond acceptors (Lipinski definition) is 4. The number of aryl methyl sites for hydroxylation is 1. The van der Waals surface area contributed by atoms with Crippen LogP contribution in [0, 0.1) is 0 Å². The van der Waals surface area contributed by atoms with Crippen LogP contribution in [0.5, 0.6) is 0 Å². The van der Waals surface area contributed by atoms with Crippen LogP contribution in [-0.2, 0) is 7.05 Å². The maximum Gasteiger partial charge on any atom is 0.269 e. The molecule has 5 nitrogen and oxygen atoms in total. The van der Waals surface area contributed by atoms with E-state index in [1.54, 1.807) is 22.5 Å². The molecule has 0 fully saturated rings. The van der Waals surface area contributed by atoms with E-state index < -0.39 is 0 Å². The van der Waals surface area contributed by atoms with Gasteiger partial charge < -0.3 is 0 Å². The molecule has 0 N–H and O–H groups in total. The van der Waals surface area contributed by atoms with E-state index in [0.717, 1.165) is 24.1 Å². The molecule has 1 aliphatic carbocycles. The predicted octanol–water partition coefficient (Wildman–Crippen LogP) is 2.43. The van der Waals surface area contributed by atoms with E-state index in [1.165, 1.54) is 11.8 Å². The summed E-state index contributed by atoms with van der Waals surface area (Å²) in [5, 5.41) is 5.40. The number of hydrogen-bond donors (Lipinski definition) is 0. The fourth-order valence-electron chi connectivity index (χ4n) is 2.46. The number of thioether (sulfide) groups is 1. The Morgan fingerprint density at radius 2 is 2.05 bits per heavy atom. The standard InChI is InChI=1S/C14H16N4OS/c1-9-6-4-5-7-11(9)18-13(19)10-8-15-17(2)12(10)16-14(18)20-3/h6-8H,4-5H2,1-3H3. The van der Waals surface area contributed by atoms with E-state index in [2.05, 4.69) is 22.2 Å². The Morgan fingerprint density at radius 3 is 2.75 bits per heavy atom. The van der Waals surface area contributed by atoms with Gasteiger partial charge in [-0.3, -0.25) is 14.0 Å². The van der Waals surface area contributed by atoms with Gasteiger partial charge in [-0.2, -0.15) is 5.10 Å². The summed E-state index contributed by atoms with van der Waals surface area (Å²) in [6, 6.07) is 0. The zero-order chi connectivity index (χ0) is 14.3. The topological polar surface area (TPSA) is 52.7 Å². The van der Waals surface area contributed by atoms with Gasteiger partial charge in [0.15, 0.2) is 10.8 Å². The molecule has 0 unspecified atom stereocenters. The average molecular weight is 288 g/mol. The molecule has 20 heavy (non-hydrogen) atoms. The quantitative estimate of drug-likeness (QED) is 0.629. The molecule has 3 rings (SSSR count). The largest absolute Gasteiger partial charge is 0.269 e. The fourth-order valence-corrected chi connectivity index (χ4v) is 3.01. The molecule has 0 aromatic carbocycles. The first kappa shape index (κ1) is 13.2. The molecule has 0 spiro atoms. The van der Waals surface area contributed by atoms with Gasteiger partial charge in [0.2, 0.25) is 0 Å². The van der Waals surface area contributed by atoms with E-state index in [4.69, 9.17) is 0 Å². The number of fused-ring (bicyclic) bond motifs is 1. The van der Waals surface area contributed by atoms with E-state index in [0.29, 0.717) is 16.2 Å². The maximum atomic E-state index is 12.8. The van der Waals surface area contributed by atoms with Crippen LogP contribution in [0.2, 0.25) is 0 Å². The highest BCUT2D eigenvalue weighted by molar-refractivity contribution is 7.98. The second-order valence-corrected chi connectivity index (χ2v) is 5.57. The highest BCUT2D eigenvalue weighted by Crippen LogP contribution is 2.26. The van der Waals surface area contributed by atoms with Crippen molar-refractivity contribution in [2.75, 3.05) is 6.26 Å². The number of rotatable bonds is 2. The lowest BCUT2D eigenvalue weighted by Gasteiger charge is -2.17. The number of aromatic nitrogens is 4. The lowest BCUT2D eigenvalue weighted by Crippen LogP contribution is -2.23. The second kappa shape index (κ2) is 4.94. The Hall–Kier alpha value is -1.82. The summed E-state index contributed by atoms with van der Waals surface area (Å²) < 4.78 is 3.35. The van der Waals surface area contributed by atoms with Crippen LogP contribution in [0.3, 0.4) is 0 Å². The summed E-state index contributed by atoms with van der Waals surface area (Å²) >= 11 is 1.47. The Bertz CT molecular complexity index is 797. The average Bonchev–Trinajstić information content (AvgIpc) is 2.82. The van der Waals surface area contributed by atoms with Gasteiger partial charge >= 0.3 is 0 Å². The van der Waals surface area contributed by atoms with Crippen molar-refractivity contribution in [2.45, 2.75) is 24.9 Å². The van der Waals surface area contributed by atoms with Crippen LogP contribution >= 0.6 is 11.8 Å². The van der Waals surface area contributed by atoms with Gasteiger partial charge in [0.1, 0.15) is 5.39 Å². The van der Waals surface area contributed by atoms with Gasteiger partial charge in [-0.1, -0.05) is 23.9 Å². The summed E-state index contributed by atoms with van der Waals surface area (Å²) in [6.45, 7) is 2.04. The SMILES string of the molecule is CSc1nc2c(cnn2C)c(=O)n1C1=CCCC=C1C. The van der Waals surface area contributed by atoms with Crippen LogP contribution in [-0.4, -0.2) is 25.6 Å². The molecule has 104 valence electrons.